The molecule has 12 heavy (non-hydrogen) atoms. The minimum atomic E-state index is -0.929. The van der Waals surface area contributed by atoms with Crippen LogP contribution < -0.4 is 0 Å². The number of nitrogens with zero attached hydrogens (tertiary/aromatic N) is 2. The minimum Gasteiger partial charge on any atom is -0.465 e. The summed E-state index contributed by atoms with van der Waals surface area (Å²) in [6, 6.07) is 0. The zero-order valence-electron chi connectivity index (χ0n) is 6.43. The number of thiol groups is 1. The molecule has 5 nitrogen and oxygen atoms in total. The number of carboxylic acid groups (broad SMARTS) is 1. The van der Waals surface area contributed by atoms with Gasteiger partial charge < -0.3 is 14.9 Å². The SMILES string of the molecule is O=C(O)N1CCN(C(=O)S)CC1. The Hall–Kier alpha value is -0.910. The van der Waals surface area contributed by atoms with E-state index < -0.39 is 6.09 Å². The molecule has 0 aromatic carbocycles. The van der Waals surface area contributed by atoms with Crippen molar-refractivity contribution < 1.29 is 14.7 Å². The predicted molar refractivity (Wildman–Crippen MR) is 45.6 cm³/mol. The van der Waals surface area contributed by atoms with Crippen LogP contribution in [0.3, 0.4) is 0 Å². The van der Waals surface area contributed by atoms with Crippen molar-refractivity contribution in [3.8, 4) is 0 Å². The summed E-state index contributed by atoms with van der Waals surface area (Å²) in [5, 5.41) is 8.27. The number of hydrogen-bond acceptors (Lipinski definition) is 2. The van der Waals surface area contributed by atoms with Crippen LogP contribution in [0.5, 0.6) is 0 Å². The van der Waals surface area contributed by atoms with Crippen molar-refractivity contribution in [2.75, 3.05) is 26.2 Å². The third kappa shape index (κ3) is 2.04. The first-order valence-corrected chi connectivity index (χ1v) is 4.01. The minimum absolute atomic E-state index is 0.292. The van der Waals surface area contributed by atoms with Gasteiger partial charge in [-0.05, 0) is 0 Å². The van der Waals surface area contributed by atoms with Gasteiger partial charge in [-0.25, -0.2) is 4.79 Å². The molecular formula is C6H10N2O3S. The summed E-state index contributed by atoms with van der Waals surface area (Å²) in [6.45, 7) is 1.63. The fourth-order valence-corrected chi connectivity index (χ4v) is 1.29. The Labute approximate surface area is 75.4 Å². The van der Waals surface area contributed by atoms with E-state index in [0.717, 1.165) is 0 Å². The predicted octanol–water partition coefficient (Wildman–Crippen LogP) is 0.332. The lowest BCUT2D eigenvalue weighted by Gasteiger charge is -2.31. The largest absolute Gasteiger partial charge is 0.465 e. The van der Waals surface area contributed by atoms with Crippen LogP contribution in [0, 0.1) is 0 Å². The van der Waals surface area contributed by atoms with E-state index >= 15 is 0 Å². The molecule has 2 amide bonds. The van der Waals surface area contributed by atoms with Gasteiger partial charge in [-0.1, -0.05) is 12.6 Å². The van der Waals surface area contributed by atoms with Gasteiger partial charge in [-0.15, -0.1) is 0 Å². The van der Waals surface area contributed by atoms with Crippen LogP contribution in [0.25, 0.3) is 0 Å². The van der Waals surface area contributed by atoms with Gasteiger partial charge in [0.15, 0.2) is 0 Å². The molecule has 0 radical (unpaired) electrons. The number of rotatable bonds is 0. The van der Waals surface area contributed by atoms with Crippen molar-refractivity contribution in [3.63, 3.8) is 0 Å². The standard InChI is InChI=1S/C6H10N2O3S/c9-5(10)7-1-3-8(4-2-7)6(11)12/h1-4H2,(H,9,10)(H,11,12). The molecule has 0 aliphatic carbocycles. The maximum absolute atomic E-state index is 10.7. The van der Waals surface area contributed by atoms with Crippen LogP contribution in [-0.2, 0) is 0 Å². The van der Waals surface area contributed by atoms with Gasteiger partial charge in [0.25, 0.3) is 5.24 Å². The maximum Gasteiger partial charge on any atom is 0.407 e. The summed E-state index contributed by atoms with van der Waals surface area (Å²) in [5.41, 5.74) is 0. The molecule has 1 fully saturated rings. The maximum atomic E-state index is 10.7. The first-order chi connectivity index (χ1) is 5.61. The Balaban J connectivity index is 2.39. The molecule has 6 heteroatoms. The van der Waals surface area contributed by atoms with E-state index in [4.69, 9.17) is 5.11 Å². The molecule has 0 aromatic rings. The molecule has 0 aromatic heterocycles. The van der Waals surface area contributed by atoms with Gasteiger partial charge in [-0.3, -0.25) is 4.79 Å². The fraction of sp³-hybridized carbons (Fsp3) is 0.667. The van der Waals surface area contributed by atoms with E-state index in [2.05, 4.69) is 12.6 Å². The van der Waals surface area contributed by atoms with Gasteiger partial charge in [0.2, 0.25) is 0 Å². The first-order valence-electron chi connectivity index (χ1n) is 3.57. The highest BCUT2D eigenvalue weighted by molar-refractivity contribution is 7.96. The zero-order valence-corrected chi connectivity index (χ0v) is 7.33. The second-order valence-corrected chi connectivity index (χ2v) is 2.92. The average molecular weight is 190 g/mol. The molecule has 0 saturated carbocycles. The monoisotopic (exact) mass is 190 g/mol. The Bertz CT molecular complexity index is 179. The Morgan fingerprint density at radius 3 is 1.83 bits per heavy atom. The smallest absolute Gasteiger partial charge is 0.407 e. The highest BCUT2D eigenvalue weighted by Crippen LogP contribution is 2.04. The molecule has 68 valence electrons. The summed E-state index contributed by atoms with van der Waals surface area (Å²) < 4.78 is 0. The van der Waals surface area contributed by atoms with Gasteiger partial charge >= 0.3 is 6.09 Å². The molecule has 0 spiro atoms. The number of amides is 2. The molecular weight excluding hydrogens is 180 g/mol. The van der Waals surface area contributed by atoms with Crippen LogP contribution in [0.1, 0.15) is 0 Å². The first kappa shape index (κ1) is 9.18. The van der Waals surface area contributed by atoms with Gasteiger partial charge in [-0.2, -0.15) is 0 Å². The lowest BCUT2D eigenvalue weighted by Crippen LogP contribution is -2.48. The van der Waals surface area contributed by atoms with Crippen molar-refractivity contribution in [2.45, 2.75) is 0 Å². The highest BCUT2D eigenvalue weighted by Gasteiger charge is 2.21. The van der Waals surface area contributed by atoms with Gasteiger partial charge in [0.05, 0.1) is 0 Å². The molecule has 1 aliphatic heterocycles. The van der Waals surface area contributed by atoms with Crippen molar-refractivity contribution in [1.29, 1.82) is 0 Å². The van der Waals surface area contributed by atoms with Gasteiger partial charge in [0.1, 0.15) is 0 Å². The van der Waals surface area contributed by atoms with Gasteiger partial charge in [0, 0.05) is 26.2 Å². The number of carbonyl (C=O) groups is 2. The topological polar surface area (TPSA) is 60.9 Å². The third-order valence-electron chi connectivity index (χ3n) is 1.82. The number of piperazine rings is 1. The molecule has 0 atom stereocenters. The van der Waals surface area contributed by atoms with E-state index in [-0.39, 0.29) is 5.24 Å². The van der Waals surface area contributed by atoms with Crippen LogP contribution in [0.2, 0.25) is 0 Å². The van der Waals surface area contributed by atoms with Crippen LogP contribution in [0.15, 0.2) is 0 Å². The van der Waals surface area contributed by atoms with Crippen LogP contribution >= 0.6 is 12.6 Å². The van der Waals surface area contributed by atoms with Crippen LogP contribution in [-0.4, -0.2) is 52.4 Å². The van der Waals surface area contributed by atoms with Crippen LogP contribution in [0.4, 0.5) is 9.59 Å². The molecule has 1 saturated heterocycles. The number of hydrogen-bond donors (Lipinski definition) is 2. The molecule has 1 aliphatic rings. The van der Waals surface area contributed by atoms with E-state index in [1.54, 1.807) is 0 Å². The van der Waals surface area contributed by atoms with Crippen molar-refractivity contribution in [3.05, 3.63) is 0 Å². The van der Waals surface area contributed by atoms with E-state index in [1.165, 1.54) is 9.80 Å². The molecule has 0 unspecified atom stereocenters. The second kappa shape index (κ2) is 3.66. The summed E-state index contributed by atoms with van der Waals surface area (Å²) in [6.07, 6.45) is -0.929. The Morgan fingerprint density at radius 2 is 1.50 bits per heavy atom. The summed E-state index contributed by atoms with van der Waals surface area (Å²) in [4.78, 5) is 23.9. The average Bonchev–Trinajstić information content (AvgIpc) is 2.04. The number of carbonyl (C=O) groups excluding carboxylic acids is 1. The molecule has 1 N–H and O–H groups in total. The van der Waals surface area contributed by atoms with Crippen molar-refractivity contribution in [2.24, 2.45) is 0 Å². The fourth-order valence-electron chi connectivity index (χ4n) is 1.09. The Morgan fingerprint density at radius 1 is 1.08 bits per heavy atom. The van der Waals surface area contributed by atoms with Crippen molar-refractivity contribution in [1.82, 2.24) is 9.80 Å². The molecule has 1 heterocycles. The highest BCUT2D eigenvalue weighted by atomic mass is 32.1. The Kier molecular flexibility index (Phi) is 2.80. The van der Waals surface area contributed by atoms with E-state index in [1.807, 2.05) is 0 Å². The third-order valence-corrected chi connectivity index (χ3v) is 2.10. The zero-order chi connectivity index (χ0) is 9.14. The van der Waals surface area contributed by atoms with Crippen molar-refractivity contribution >= 4 is 24.0 Å². The van der Waals surface area contributed by atoms with E-state index in [9.17, 15) is 9.59 Å². The summed E-state index contributed by atoms with van der Waals surface area (Å²) in [5.74, 6) is 0. The lowest BCUT2D eigenvalue weighted by atomic mass is 10.3. The molecule has 1 rings (SSSR count). The van der Waals surface area contributed by atoms with E-state index in [0.29, 0.717) is 26.2 Å². The summed E-state index contributed by atoms with van der Waals surface area (Å²) in [7, 11) is 0. The molecule has 0 bridgehead atoms. The summed E-state index contributed by atoms with van der Waals surface area (Å²) >= 11 is 3.64. The quantitative estimate of drug-likeness (QED) is 0.541. The second-order valence-electron chi connectivity index (χ2n) is 2.54. The lowest BCUT2D eigenvalue weighted by molar-refractivity contribution is 0.117. The normalized spacial score (nSPS) is 17.8.